The maximum absolute atomic E-state index is 2.64. The van der Waals surface area contributed by atoms with E-state index in [1.165, 1.54) is 96.7 Å². The molecule has 2 aromatic rings. The first-order valence-corrected chi connectivity index (χ1v) is 10.1. The molecule has 26 heavy (non-hydrogen) atoms. The second-order valence-electron chi connectivity index (χ2n) is 7.93. The molecule has 0 saturated carbocycles. The summed E-state index contributed by atoms with van der Waals surface area (Å²) in [5.41, 5.74) is 11.8. The van der Waals surface area contributed by atoms with Crippen LogP contribution in [-0.2, 0) is 0 Å². The maximum Gasteiger partial charge on any atom is 0.0533 e. The number of hydrogen-bond acceptors (Lipinski definition) is 2. The van der Waals surface area contributed by atoms with Gasteiger partial charge in [-0.1, -0.05) is 48.5 Å². The van der Waals surface area contributed by atoms with Gasteiger partial charge in [-0.2, -0.15) is 0 Å². The Hall–Kier alpha value is -2.48. The molecule has 2 nitrogen and oxygen atoms in total. The van der Waals surface area contributed by atoms with E-state index < -0.39 is 0 Å². The predicted molar refractivity (Wildman–Crippen MR) is 108 cm³/mol. The standard InChI is InChI=1S/C24H24N2/c1-3-11-19-17(9-1)21-22(23(19)25-13-5-6-14-25)18-10-2-4-12-20(18)24(21)26-15-7-8-16-26/h1-4,9-12H,5-8,13-16H2. The van der Waals surface area contributed by atoms with E-state index in [0.29, 0.717) is 0 Å². The van der Waals surface area contributed by atoms with Gasteiger partial charge < -0.3 is 9.80 Å². The Labute approximate surface area is 155 Å². The van der Waals surface area contributed by atoms with E-state index in [0.717, 1.165) is 0 Å². The van der Waals surface area contributed by atoms with Crippen LogP contribution in [0.25, 0.3) is 22.5 Å². The van der Waals surface area contributed by atoms with Gasteiger partial charge in [0, 0.05) is 48.5 Å². The van der Waals surface area contributed by atoms with E-state index in [2.05, 4.69) is 58.3 Å². The van der Waals surface area contributed by atoms with Crippen molar-refractivity contribution in [2.45, 2.75) is 25.7 Å². The van der Waals surface area contributed by atoms with Crippen LogP contribution in [0.4, 0.5) is 0 Å². The van der Waals surface area contributed by atoms with Gasteiger partial charge in [0.1, 0.15) is 0 Å². The third-order valence-corrected chi connectivity index (χ3v) is 6.47. The minimum absolute atomic E-state index is 1.20. The van der Waals surface area contributed by atoms with Crippen molar-refractivity contribution in [3.05, 3.63) is 70.8 Å². The molecule has 0 radical (unpaired) electrons. The molecule has 0 amide bonds. The van der Waals surface area contributed by atoms with E-state index in [9.17, 15) is 0 Å². The summed E-state index contributed by atoms with van der Waals surface area (Å²) in [5, 5.41) is 0. The fraction of sp³-hybridized carbons (Fsp3) is 0.333. The quantitative estimate of drug-likeness (QED) is 0.764. The van der Waals surface area contributed by atoms with Crippen molar-refractivity contribution in [2.75, 3.05) is 26.2 Å². The number of hydrogen-bond donors (Lipinski definition) is 0. The second-order valence-corrected chi connectivity index (χ2v) is 7.93. The van der Waals surface area contributed by atoms with Crippen molar-refractivity contribution in [3.8, 4) is 0 Å². The minimum Gasteiger partial charge on any atom is -0.371 e. The molecule has 4 aliphatic rings. The highest BCUT2D eigenvalue weighted by Crippen LogP contribution is 2.57. The summed E-state index contributed by atoms with van der Waals surface area (Å²) in [4.78, 5) is 5.29. The molecule has 2 aliphatic carbocycles. The molecule has 0 spiro atoms. The lowest BCUT2D eigenvalue weighted by Gasteiger charge is -2.23. The first kappa shape index (κ1) is 14.7. The molecule has 2 saturated heterocycles. The van der Waals surface area contributed by atoms with Crippen LogP contribution in [0.1, 0.15) is 47.9 Å². The number of allylic oxidation sites excluding steroid dienone is 2. The number of nitrogens with zero attached hydrogens (tertiary/aromatic N) is 2. The molecule has 6 rings (SSSR count). The van der Waals surface area contributed by atoms with E-state index in [1.54, 1.807) is 0 Å². The van der Waals surface area contributed by atoms with Gasteiger partial charge in [0.2, 0.25) is 0 Å². The van der Waals surface area contributed by atoms with Crippen molar-refractivity contribution >= 4 is 22.5 Å². The van der Waals surface area contributed by atoms with Gasteiger partial charge in [-0.05, 0) is 36.8 Å². The highest BCUT2D eigenvalue weighted by Gasteiger charge is 2.40. The number of fused-ring (bicyclic) bond motifs is 5. The largest absolute Gasteiger partial charge is 0.371 e. The van der Waals surface area contributed by atoms with E-state index in [4.69, 9.17) is 0 Å². The molecule has 0 bridgehead atoms. The Kier molecular flexibility index (Phi) is 3.11. The highest BCUT2D eigenvalue weighted by molar-refractivity contribution is 6.31. The minimum atomic E-state index is 1.20. The van der Waals surface area contributed by atoms with E-state index in [1.807, 2.05) is 0 Å². The van der Waals surface area contributed by atoms with Gasteiger partial charge >= 0.3 is 0 Å². The van der Waals surface area contributed by atoms with Crippen LogP contribution in [-0.4, -0.2) is 36.0 Å². The van der Waals surface area contributed by atoms with Gasteiger partial charge in [0.05, 0.1) is 11.4 Å². The summed E-state index contributed by atoms with van der Waals surface area (Å²) in [5.74, 6) is 0. The van der Waals surface area contributed by atoms with Gasteiger partial charge in [-0.25, -0.2) is 0 Å². The van der Waals surface area contributed by atoms with Gasteiger partial charge in [0.15, 0.2) is 0 Å². The van der Waals surface area contributed by atoms with Gasteiger partial charge in [-0.15, -0.1) is 0 Å². The summed E-state index contributed by atoms with van der Waals surface area (Å²) >= 11 is 0. The lowest BCUT2D eigenvalue weighted by atomic mass is 10.0. The Morgan fingerprint density at radius 3 is 1.19 bits per heavy atom. The van der Waals surface area contributed by atoms with Crippen LogP contribution >= 0.6 is 0 Å². The third-order valence-electron chi connectivity index (χ3n) is 6.47. The summed E-state index contributed by atoms with van der Waals surface area (Å²) in [6.45, 7) is 4.78. The van der Waals surface area contributed by atoms with Gasteiger partial charge in [-0.3, -0.25) is 0 Å². The van der Waals surface area contributed by atoms with Crippen LogP contribution < -0.4 is 0 Å². The lowest BCUT2D eigenvalue weighted by molar-refractivity contribution is 0.495. The molecule has 2 aromatic carbocycles. The zero-order valence-electron chi connectivity index (χ0n) is 15.2. The zero-order chi connectivity index (χ0) is 17.1. The number of likely N-dealkylation sites (tertiary alicyclic amines) is 2. The van der Waals surface area contributed by atoms with E-state index in [-0.39, 0.29) is 0 Å². The van der Waals surface area contributed by atoms with Crippen molar-refractivity contribution in [2.24, 2.45) is 0 Å². The van der Waals surface area contributed by atoms with Crippen molar-refractivity contribution in [1.82, 2.24) is 9.80 Å². The average molecular weight is 340 g/mol. The predicted octanol–water partition coefficient (Wildman–Crippen LogP) is 4.94. The molecular formula is C24H24N2. The number of benzene rings is 2. The molecule has 0 aromatic heterocycles. The van der Waals surface area contributed by atoms with Crippen LogP contribution in [0.2, 0.25) is 0 Å². The maximum atomic E-state index is 2.64. The van der Waals surface area contributed by atoms with Crippen LogP contribution in [0.5, 0.6) is 0 Å². The van der Waals surface area contributed by atoms with Crippen LogP contribution in [0.15, 0.2) is 48.5 Å². The first-order chi connectivity index (χ1) is 12.9. The Bertz CT molecular complexity index is 874. The fourth-order valence-corrected chi connectivity index (χ4v) is 5.38. The Morgan fingerprint density at radius 1 is 0.462 bits per heavy atom. The summed E-state index contributed by atoms with van der Waals surface area (Å²) in [6, 6.07) is 18.2. The Balaban J connectivity index is 1.68. The zero-order valence-corrected chi connectivity index (χ0v) is 15.2. The lowest BCUT2D eigenvalue weighted by Crippen LogP contribution is -2.18. The van der Waals surface area contributed by atoms with Crippen LogP contribution in [0, 0.1) is 0 Å². The highest BCUT2D eigenvalue weighted by atomic mass is 15.2. The molecule has 130 valence electrons. The van der Waals surface area contributed by atoms with Crippen molar-refractivity contribution < 1.29 is 0 Å². The topological polar surface area (TPSA) is 6.48 Å². The summed E-state index contributed by atoms with van der Waals surface area (Å²) in [6.07, 6.45) is 5.27. The summed E-state index contributed by atoms with van der Waals surface area (Å²) < 4.78 is 0. The smallest absolute Gasteiger partial charge is 0.0533 e. The molecule has 0 N–H and O–H groups in total. The number of rotatable bonds is 2. The molecule has 2 fully saturated rings. The second kappa shape index (κ2) is 5.51. The SMILES string of the molecule is c1ccc2c(c1)C1=C(N3CCCC3)c3ccccc3C1=C2N1CCCC1. The monoisotopic (exact) mass is 340 g/mol. The molecule has 0 unspecified atom stereocenters. The Morgan fingerprint density at radius 2 is 0.808 bits per heavy atom. The van der Waals surface area contributed by atoms with Crippen LogP contribution in [0.3, 0.4) is 0 Å². The molecule has 2 heteroatoms. The normalized spacial score (nSPS) is 20.9. The van der Waals surface area contributed by atoms with Gasteiger partial charge in [0.25, 0.3) is 0 Å². The molecule has 2 heterocycles. The fourth-order valence-electron chi connectivity index (χ4n) is 5.38. The third kappa shape index (κ3) is 1.87. The molecule has 2 aliphatic heterocycles. The van der Waals surface area contributed by atoms with Crippen molar-refractivity contribution in [1.29, 1.82) is 0 Å². The van der Waals surface area contributed by atoms with Crippen molar-refractivity contribution in [3.63, 3.8) is 0 Å². The average Bonchev–Trinajstić information content (AvgIpc) is 3.45. The summed E-state index contributed by atoms with van der Waals surface area (Å²) in [7, 11) is 0. The first-order valence-electron chi connectivity index (χ1n) is 10.1. The molecular weight excluding hydrogens is 316 g/mol. The molecule has 0 atom stereocenters. The van der Waals surface area contributed by atoms with E-state index >= 15 is 0 Å².